The molecule has 42 heavy (non-hydrogen) atoms. The van der Waals surface area contributed by atoms with Crippen LogP contribution in [0, 0.1) is 5.82 Å². The van der Waals surface area contributed by atoms with Crippen molar-refractivity contribution in [2.24, 2.45) is 0 Å². The highest BCUT2D eigenvalue weighted by Crippen LogP contribution is 2.35. The van der Waals surface area contributed by atoms with E-state index in [9.17, 15) is 9.18 Å². The number of amides is 1. The van der Waals surface area contributed by atoms with Crippen LogP contribution >= 0.6 is 11.6 Å². The molecule has 218 valence electrons. The number of nitrogens with one attached hydrogen (secondary N) is 2. The van der Waals surface area contributed by atoms with Crippen LogP contribution in [0.4, 0.5) is 27.3 Å². The summed E-state index contributed by atoms with van der Waals surface area (Å²) in [5, 5.41) is 7.33. The van der Waals surface area contributed by atoms with E-state index in [4.69, 9.17) is 21.1 Å². The smallest absolute Gasteiger partial charge is 0.247 e. The molecule has 5 rings (SSSR count). The Bertz CT molecular complexity index is 1580. The second-order valence-corrected chi connectivity index (χ2v) is 10.3. The summed E-state index contributed by atoms with van der Waals surface area (Å²) in [6, 6.07) is 15.3. The minimum atomic E-state index is -0.321. The number of benzene rings is 3. The van der Waals surface area contributed by atoms with Crippen LogP contribution in [0.2, 0.25) is 5.02 Å². The highest BCUT2D eigenvalue weighted by Gasteiger charge is 2.17. The van der Waals surface area contributed by atoms with Gasteiger partial charge in [-0.05, 0) is 54.1 Å². The zero-order chi connectivity index (χ0) is 29.5. The van der Waals surface area contributed by atoms with Crippen LogP contribution in [0.3, 0.4) is 0 Å². The molecule has 0 unspecified atom stereocenters. The van der Waals surface area contributed by atoms with E-state index in [-0.39, 0.29) is 18.3 Å². The van der Waals surface area contributed by atoms with Gasteiger partial charge < -0.3 is 25.0 Å². The van der Waals surface area contributed by atoms with Crippen LogP contribution in [-0.4, -0.2) is 67.2 Å². The first-order valence-electron chi connectivity index (χ1n) is 13.6. The summed E-state index contributed by atoms with van der Waals surface area (Å²) in [5.74, 6) is 0.376. The fourth-order valence-corrected chi connectivity index (χ4v) is 4.88. The summed E-state index contributed by atoms with van der Waals surface area (Å²) in [5.41, 5.74) is 3.54. The van der Waals surface area contributed by atoms with Crippen molar-refractivity contribution < 1.29 is 18.7 Å². The Balaban J connectivity index is 1.36. The molecular formula is C31H32ClFN6O3. The van der Waals surface area contributed by atoms with Crippen LogP contribution in [0.5, 0.6) is 5.75 Å². The maximum Gasteiger partial charge on any atom is 0.247 e. The minimum Gasteiger partial charge on any atom is -0.487 e. The van der Waals surface area contributed by atoms with Gasteiger partial charge in [0.05, 0.1) is 35.1 Å². The Morgan fingerprint density at radius 2 is 2.02 bits per heavy atom. The first kappa shape index (κ1) is 29.2. The fourth-order valence-electron chi connectivity index (χ4n) is 4.65. The molecule has 0 spiro atoms. The van der Waals surface area contributed by atoms with Crippen molar-refractivity contribution in [1.82, 2.24) is 14.9 Å². The number of carbonyl (C=O) groups is 1. The maximum atomic E-state index is 13.5. The Kier molecular flexibility index (Phi) is 9.48. The summed E-state index contributed by atoms with van der Waals surface area (Å²) in [7, 11) is 1.99. The molecule has 1 aliphatic heterocycles. The number of halogens is 2. The molecule has 0 bridgehead atoms. The highest BCUT2D eigenvalue weighted by molar-refractivity contribution is 6.32. The van der Waals surface area contributed by atoms with E-state index in [1.165, 1.54) is 24.5 Å². The molecule has 0 aliphatic carbocycles. The van der Waals surface area contributed by atoms with Crippen LogP contribution in [0.25, 0.3) is 10.9 Å². The van der Waals surface area contributed by atoms with Gasteiger partial charge in [-0.25, -0.2) is 14.4 Å². The average molecular weight is 591 g/mol. The number of ether oxygens (including phenoxy) is 2. The number of morpholine rings is 1. The normalized spacial score (nSPS) is 13.5. The van der Waals surface area contributed by atoms with Gasteiger partial charge in [0, 0.05) is 44.3 Å². The first-order chi connectivity index (χ1) is 20.4. The molecule has 1 aliphatic rings. The number of fused-ring (bicyclic) bond motifs is 1. The topological polar surface area (TPSA) is 91.8 Å². The lowest BCUT2D eigenvalue weighted by atomic mass is 10.1. The number of hydrogen-bond acceptors (Lipinski definition) is 8. The van der Waals surface area contributed by atoms with Gasteiger partial charge in [0.25, 0.3) is 0 Å². The first-order valence-corrected chi connectivity index (χ1v) is 13.9. The average Bonchev–Trinajstić information content (AvgIpc) is 3.00. The Morgan fingerprint density at radius 1 is 1.19 bits per heavy atom. The van der Waals surface area contributed by atoms with Crippen LogP contribution in [0.15, 0.2) is 73.6 Å². The van der Waals surface area contributed by atoms with Crippen molar-refractivity contribution >= 4 is 51.3 Å². The number of anilines is 4. The molecule has 2 N–H and O–H groups in total. The van der Waals surface area contributed by atoms with Gasteiger partial charge in [-0.2, -0.15) is 0 Å². The second-order valence-electron chi connectivity index (χ2n) is 9.87. The summed E-state index contributed by atoms with van der Waals surface area (Å²) in [6.07, 6.45) is 2.73. The molecule has 2 heterocycles. The number of aromatic nitrogens is 2. The lowest BCUT2D eigenvalue weighted by Gasteiger charge is -2.30. The molecule has 0 radical (unpaired) electrons. The fraction of sp³-hybridized carbons (Fsp3) is 0.258. The standard InChI is InChI=1S/C31H32ClFN6O3/c1-3-30(40)37-27-17-24-26(18-28(27)38(2)9-10-39-11-13-41-14-12-39)34-20-35-31(24)36-23-7-8-29(25(32)16-23)42-19-21-5-4-6-22(33)15-21/h3-8,15-18,20H,1,9-14,19H2,2H3,(H,37,40)(H,34,35,36). The van der Waals surface area contributed by atoms with Crippen molar-refractivity contribution in [1.29, 1.82) is 0 Å². The van der Waals surface area contributed by atoms with E-state index in [1.807, 2.05) is 25.2 Å². The van der Waals surface area contributed by atoms with Crippen LogP contribution < -0.4 is 20.3 Å². The minimum absolute atomic E-state index is 0.184. The molecule has 1 aromatic heterocycles. The summed E-state index contributed by atoms with van der Waals surface area (Å²) >= 11 is 6.51. The van der Waals surface area contributed by atoms with E-state index < -0.39 is 0 Å². The molecule has 1 saturated heterocycles. The summed E-state index contributed by atoms with van der Waals surface area (Å²) in [6.45, 7) is 8.68. The Hall–Kier alpha value is -4.25. The SMILES string of the molecule is C=CC(=O)Nc1cc2c(Nc3ccc(OCc4cccc(F)c4)c(Cl)c3)ncnc2cc1N(C)CCN1CCOCC1. The number of carbonyl (C=O) groups excluding carboxylic acids is 1. The van der Waals surface area contributed by atoms with Crippen molar-refractivity contribution in [2.75, 3.05) is 62.0 Å². The van der Waals surface area contributed by atoms with E-state index in [2.05, 4.69) is 37.0 Å². The van der Waals surface area contributed by atoms with Gasteiger partial charge in [-0.1, -0.05) is 30.3 Å². The third kappa shape index (κ3) is 7.33. The number of rotatable bonds is 11. The molecule has 0 atom stereocenters. The molecule has 0 saturated carbocycles. The van der Waals surface area contributed by atoms with E-state index in [0.29, 0.717) is 44.4 Å². The molecule has 4 aromatic rings. The predicted octanol–water partition coefficient (Wildman–Crippen LogP) is 5.64. The third-order valence-electron chi connectivity index (χ3n) is 6.94. The Morgan fingerprint density at radius 3 is 2.79 bits per heavy atom. The van der Waals surface area contributed by atoms with Gasteiger partial charge in [-0.3, -0.25) is 9.69 Å². The van der Waals surface area contributed by atoms with Crippen molar-refractivity contribution in [2.45, 2.75) is 6.61 Å². The zero-order valence-electron chi connectivity index (χ0n) is 23.3. The van der Waals surface area contributed by atoms with Crippen molar-refractivity contribution in [3.8, 4) is 5.75 Å². The summed E-state index contributed by atoms with van der Waals surface area (Å²) in [4.78, 5) is 25.8. The van der Waals surface area contributed by atoms with Crippen LogP contribution in [-0.2, 0) is 16.1 Å². The zero-order valence-corrected chi connectivity index (χ0v) is 24.0. The third-order valence-corrected chi connectivity index (χ3v) is 7.24. The van der Waals surface area contributed by atoms with Crippen molar-refractivity contribution in [3.63, 3.8) is 0 Å². The quantitative estimate of drug-likeness (QED) is 0.217. The van der Waals surface area contributed by atoms with E-state index >= 15 is 0 Å². The van der Waals surface area contributed by atoms with Gasteiger partial charge >= 0.3 is 0 Å². The molecule has 1 amide bonds. The van der Waals surface area contributed by atoms with Crippen LogP contribution in [0.1, 0.15) is 5.56 Å². The predicted molar refractivity (Wildman–Crippen MR) is 164 cm³/mol. The monoisotopic (exact) mass is 590 g/mol. The van der Waals surface area contributed by atoms with E-state index in [0.717, 1.165) is 45.1 Å². The maximum absolute atomic E-state index is 13.5. The largest absolute Gasteiger partial charge is 0.487 e. The molecule has 9 nitrogen and oxygen atoms in total. The highest BCUT2D eigenvalue weighted by atomic mass is 35.5. The second kappa shape index (κ2) is 13.6. The lowest BCUT2D eigenvalue weighted by Crippen LogP contribution is -2.40. The van der Waals surface area contributed by atoms with E-state index in [1.54, 1.807) is 24.3 Å². The van der Waals surface area contributed by atoms with Gasteiger partial charge in [0.15, 0.2) is 0 Å². The number of nitrogens with zero attached hydrogens (tertiary/aromatic N) is 4. The summed E-state index contributed by atoms with van der Waals surface area (Å²) < 4.78 is 24.7. The molecule has 1 fully saturated rings. The molecular weight excluding hydrogens is 559 g/mol. The number of hydrogen-bond donors (Lipinski definition) is 2. The number of likely N-dealkylation sites (N-methyl/N-ethyl adjacent to an activating group) is 1. The lowest BCUT2D eigenvalue weighted by molar-refractivity contribution is -0.111. The Labute approximate surface area is 248 Å². The van der Waals surface area contributed by atoms with Gasteiger partial charge in [0.1, 0.15) is 30.3 Å². The molecule has 3 aromatic carbocycles. The van der Waals surface area contributed by atoms with Crippen molar-refractivity contribution in [3.05, 3.63) is 90.0 Å². The van der Waals surface area contributed by atoms with Gasteiger partial charge in [-0.15, -0.1) is 0 Å². The molecule has 11 heteroatoms. The van der Waals surface area contributed by atoms with Gasteiger partial charge in [0.2, 0.25) is 5.91 Å².